The van der Waals surface area contributed by atoms with Crippen molar-refractivity contribution in [2.75, 3.05) is 36.8 Å². The Kier molecular flexibility index (Phi) is 5.15. The second kappa shape index (κ2) is 6.86. The average molecular weight is 285 g/mol. The molecule has 2 N–H and O–H groups in total. The Bertz CT molecular complexity index is 413. The summed E-state index contributed by atoms with van der Waals surface area (Å²) in [6, 6.07) is 0.377. The van der Waals surface area contributed by atoms with E-state index in [2.05, 4.69) is 37.4 Å². The van der Waals surface area contributed by atoms with Gasteiger partial charge in [0.15, 0.2) is 0 Å². The largest absolute Gasteiger partial charge is 0.354 e. The highest BCUT2D eigenvalue weighted by Crippen LogP contribution is 2.15. The first-order valence-electron chi connectivity index (χ1n) is 6.85. The van der Waals surface area contributed by atoms with E-state index in [1.54, 1.807) is 0 Å². The number of piperidine rings is 1. The monoisotopic (exact) mass is 284 g/mol. The molecular weight excluding hydrogens is 264 g/mol. The highest BCUT2D eigenvalue weighted by molar-refractivity contribution is 6.28. The first-order chi connectivity index (χ1) is 9.21. The lowest BCUT2D eigenvalue weighted by molar-refractivity contribution is 0.226. The lowest BCUT2D eigenvalue weighted by atomic mass is 10.1. The van der Waals surface area contributed by atoms with Gasteiger partial charge in [-0.25, -0.2) is 0 Å². The molecule has 6 nitrogen and oxygen atoms in total. The number of likely N-dealkylation sites (tertiary alicyclic amines) is 1. The zero-order chi connectivity index (χ0) is 13.7. The van der Waals surface area contributed by atoms with E-state index in [1.165, 1.54) is 13.0 Å². The number of likely N-dealkylation sites (N-methyl/N-ethyl adjacent to an activating group) is 1. The van der Waals surface area contributed by atoms with Gasteiger partial charge >= 0.3 is 0 Å². The smallest absolute Gasteiger partial charge is 0.229 e. The molecule has 0 amide bonds. The zero-order valence-corrected chi connectivity index (χ0v) is 12.2. The third kappa shape index (κ3) is 4.18. The molecule has 0 saturated carbocycles. The standard InChI is InChI=1S/C12H21ClN6/c1-3-14-11-16-10(13)17-12(18-11)15-9-6-5-7-19(4-2)8-9/h9H,3-8H2,1-2H3,(H2,14,15,16,17,18). The third-order valence-corrected chi connectivity index (χ3v) is 3.40. The fourth-order valence-corrected chi connectivity index (χ4v) is 2.46. The Hall–Kier alpha value is -1.14. The van der Waals surface area contributed by atoms with Gasteiger partial charge in [-0.3, -0.25) is 0 Å². The van der Waals surface area contributed by atoms with Crippen LogP contribution in [0, 0.1) is 0 Å². The van der Waals surface area contributed by atoms with Gasteiger partial charge < -0.3 is 15.5 Å². The maximum Gasteiger partial charge on any atom is 0.229 e. The van der Waals surface area contributed by atoms with Crippen LogP contribution in [0.15, 0.2) is 0 Å². The first kappa shape index (κ1) is 14.3. The van der Waals surface area contributed by atoms with Crippen molar-refractivity contribution in [2.45, 2.75) is 32.7 Å². The molecule has 1 atom stereocenters. The molecule has 0 bridgehead atoms. The number of hydrogen-bond donors (Lipinski definition) is 2. The molecule has 1 aliphatic heterocycles. The summed E-state index contributed by atoms with van der Waals surface area (Å²) in [7, 11) is 0. The van der Waals surface area contributed by atoms with Crippen LogP contribution in [0.4, 0.5) is 11.9 Å². The van der Waals surface area contributed by atoms with Crippen molar-refractivity contribution in [3.05, 3.63) is 5.28 Å². The second-order valence-corrected chi connectivity index (χ2v) is 5.00. The number of rotatable bonds is 5. The molecule has 0 aromatic carbocycles. The second-order valence-electron chi connectivity index (χ2n) is 4.66. The number of hydrogen-bond acceptors (Lipinski definition) is 6. The van der Waals surface area contributed by atoms with Gasteiger partial charge in [-0.05, 0) is 44.5 Å². The summed E-state index contributed by atoms with van der Waals surface area (Å²) in [5.74, 6) is 1.08. The van der Waals surface area contributed by atoms with Crippen molar-refractivity contribution in [1.29, 1.82) is 0 Å². The van der Waals surface area contributed by atoms with E-state index in [1.807, 2.05) is 6.92 Å². The number of anilines is 2. The zero-order valence-electron chi connectivity index (χ0n) is 11.5. The molecule has 1 fully saturated rings. The van der Waals surface area contributed by atoms with Crippen LogP contribution in [0.5, 0.6) is 0 Å². The summed E-state index contributed by atoms with van der Waals surface area (Å²) < 4.78 is 0. The third-order valence-electron chi connectivity index (χ3n) is 3.23. The van der Waals surface area contributed by atoms with Gasteiger partial charge in [-0.2, -0.15) is 15.0 Å². The van der Waals surface area contributed by atoms with Gasteiger partial charge in [0.05, 0.1) is 0 Å². The molecular formula is C12H21ClN6. The lowest BCUT2D eigenvalue weighted by Crippen LogP contribution is -2.42. The molecule has 106 valence electrons. The van der Waals surface area contributed by atoms with E-state index < -0.39 is 0 Å². The molecule has 1 aliphatic rings. The molecule has 1 aromatic heterocycles. The normalized spacial score (nSPS) is 20.3. The molecule has 7 heteroatoms. The maximum atomic E-state index is 5.91. The quantitative estimate of drug-likeness (QED) is 0.860. The summed E-state index contributed by atoms with van der Waals surface area (Å²) in [5.41, 5.74) is 0. The first-order valence-corrected chi connectivity index (χ1v) is 7.23. The van der Waals surface area contributed by atoms with Crippen LogP contribution in [0.25, 0.3) is 0 Å². The molecule has 2 rings (SSSR count). The van der Waals surface area contributed by atoms with Gasteiger partial charge in [-0.1, -0.05) is 6.92 Å². The van der Waals surface area contributed by atoms with Gasteiger partial charge in [0, 0.05) is 19.1 Å². The van der Waals surface area contributed by atoms with Crippen molar-refractivity contribution < 1.29 is 0 Å². The van der Waals surface area contributed by atoms with Crippen LogP contribution in [-0.2, 0) is 0 Å². The molecule has 2 heterocycles. The number of halogens is 1. The molecule has 1 unspecified atom stereocenters. The van der Waals surface area contributed by atoms with Gasteiger partial charge in [-0.15, -0.1) is 0 Å². The van der Waals surface area contributed by atoms with Crippen LogP contribution < -0.4 is 10.6 Å². The van der Waals surface area contributed by atoms with Crippen LogP contribution in [0.3, 0.4) is 0 Å². The van der Waals surface area contributed by atoms with Gasteiger partial charge in [0.1, 0.15) is 0 Å². The van der Waals surface area contributed by atoms with Gasteiger partial charge in [0.2, 0.25) is 17.2 Å². The fraction of sp³-hybridized carbons (Fsp3) is 0.750. The molecule has 0 aliphatic carbocycles. The minimum atomic E-state index is 0.219. The summed E-state index contributed by atoms with van der Waals surface area (Å²) in [4.78, 5) is 14.9. The van der Waals surface area contributed by atoms with Crippen LogP contribution in [0.2, 0.25) is 5.28 Å². The molecule has 1 saturated heterocycles. The fourth-order valence-electron chi connectivity index (χ4n) is 2.29. The summed E-state index contributed by atoms with van der Waals surface area (Å²) in [5, 5.41) is 6.62. The average Bonchev–Trinajstić information content (AvgIpc) is 2.38. The predicted octanol–water partition coefficient (Wildman–Crippen LogP) is 1.85. The molecule has 0 radical (unpaired) electrons. The highest BCUT2D eigenvalue weighted by atomic mass is 35.5. The lowest BCUT2D eigenvalue weighted by Gasteiger charge is -2.32. The van der Waals surface area contributed by atoms with Crippen LogP contribution >= 0.6 is 11.6 Å². The van der Waals surface area contributed by atoms with Crippen LogP contribution in [-0.4, -0.2) is 52.1 Å². The van der Waals surface area contributed by atoms with E-state index in [-0.39, 0.29) is 5.28 Å². The Morgan fingerprint density at radius 1 is 1.26 bits per heavy atom. The van der Waals surface area contributed by atoms with Crippen molar-refractivity contribution >= 4 is 23.5 Å². The highest BCUT2D eigenvalue weighted by Gasteiger charge is 2.19. The Morgan fingerprint density at radius 2 is 2.05 bits per heavy atom. The summed E-state index contributed by atoms with van der Waals surface area (Å²) in [6.07, 6.45) is 2.33. The summed E-state index contributed by atoms with van der Waals surface area (Å²) >= 11 is 5.91. The van der Waals surface area contributed by atoms with E-state index in [4.69, 9.17) is 11.6 Å². The van der Waals surface area contributed by atoms with Crippen molar-refractivity contribution in [2.24, 2.45) is 0 Å². The number of nitrogens with zero attached hydrogens (tertiary/aromatic N) is 4. The minimum absolute atomic E-state index is 0.219. The summed E-state index contributed by atoms with van der Waals surface area (Å²) in [6.45, 7) is 8.22. The van der Waals surface area contributed by atoms with Crippen LogP contribution in [0.1, 0.15) is 26.7 Å². The number of aromatic nitrogens is 3. The molecule has 1 aromatic rings. The van der Waals surface area contributed by atoms with E-state index in [9.17, 15) is 0 Å². The van der Waals surface area contributed by atoms with Crippen molar-refractivity contribution in [3.8, 4) is 0 Å². The minimum Gasteiger partial charge on any atom is -0.354 e. The Labute approximate surface area is 119 Å². The van der Waals surface area contributed by atoms with Gasteiger partial charge in [0.25, 0.3) is 0 Å². The molecule has 0 spiro atoms. The van der Waals surface area contributed by atoms with E-state index in [0.717, 1.165) is 26.1 Å². The van der Waals surface area contributed by atoms with E-state index in [0.29, 0.717) is 17.9 Å². The Morgan fingerprint density at radius 3 is 2.79 bits per heavy atom. The maximum absolute atomic E-state index is 5.91. The topological polar surface area (TPSA) is 66.0 Å². The van der Waals surface area contributed by atoms with Crippen molar-refractivity contribution in [3.63, 3.8) is 0 Å². The number of nitrogens with one attached hydrogen (secondary N) is 2. The molecule has 19 heavy (non-hydrogen) atoms. The SMILES string of the molecule is CCNc1nc(Cl)nc(NC2CCCN(CC)C2)n1. The predicted molar refractivity (Wildman–Crippen MR) is 77.8 cm³/mol. The van der Waals surface area contributed by atoms with E-state index >= 15 is 0 Å². The Balaban J connectivity index is 2.01. The van der Waals surface area contributed by atoms with Crippen molar-refractivity contribution in [1.82, 2.24) is 19.9 Å².